The largest absolute Gasteiger partial charge is 0.264 e. The summed E-state index contributed by atoms with van der Waals surface area (Å²) in [7, 11) is 0. The summed E-state index contributed by atoms with van der Waals surface area (Å²) < 4.78 is 0. The molecule has 1 aliphatic carbocycles. The zero-order chi connectivity index (χ0) is 33.3. The summed E-state index contributed by atoms with van der Waals surface area (Å²) in [6.07, 6.45) is 18.7. The Labute approximate surface area is 290 Å². The van der Waals surface area contributed by atoms with Gasteiger partial charge in [-0.3, -0.25) is 15.0 Å². The molecule has 1 unspecified atom stereocenters. The Balaban J connectivity index is 1.14. The predicted octanol–water partition coefficient (Wildman–Crippen LogP) is 9.70. The van der Waals surface area contributed by atoms with Crippen molar-refractivity contribution >= 4 is 22.3 Å². The van der Waals surface area contributed by atoms with Crippen LogP contribution in [0.4, 0.5) is 5.69 Å². The number of allylic oxidation sites excluding steroid dienone is 4. The molecule has 0 bridgehead atoms. The molecule has 0 spiro atoms. The number of aromatic nitrogens is 6. The van der Waals surface area contributed by atoms with Gasteiger partial charge in [0.05, 0.1) is 16.9 Å². The van der Waals surface area contributed by atoms with Crippen LogP contribution < -0.4 is 0 Å². The van der Waals surface area contributed by atoms with E-state index in [1.54, 1.807) is 24.8 Å². The lowest BCUT2D eigenvalue weighted by Gasteiger charge is -2.26. The molecule has 5 heterocycles. The van der Waals surface area contributed by atoms with Gasteiger partial charge < -0.3 is 0 Å². The maximum Gasteiger partial charge on any atom is 0.165 e. The standard InChI is InChI=1S/C43H31N7/c1-2-4-19-37-30(11-3-1)25-36-39(47-38-20-6-5-18-35(38)40(36)46-37)31-14-7-12-28(23-31)29-13-8-15-32(24-29)41-48-42(33-16-9-21-44-26-33)50-43(49-41)34-17-10-22-45-27-34/h1-2,4-10,12-24,26-27,30H,3,11,25H2/b2-1-,19-4-. The van der Waals surface area contributed by atoms with Gasteiger partial charge in [0, 0.05) is 69.6 Å². The number of benzene rings is 3. The maximum atomic E-state index is 5.30. The third kappa shape index (κ3) is 5.69. The van der Waals surface area contributed by atoms with E-state index in [-0.39, 0.29) is 0 Å². The van der Waals surface area contributed by atoms with E-state index in [2.05, 4.69) is 94.9 Å². The van der Waals surface area contributed by atoms with Gasteiger partial charge in [-0.05, 0) is 78.9 Å². The minimum Gasteiger partial charge on any atom is -0.264 e. The number of para-hydroxylation sites is 1. The van der Waals surface area contributed by atoms with Gasteiger partial charge >= 0.3 is 0 Å². The van der Waals surface area contributed by atoms with Gasteiger partial charge in [0.25, 0.3) is 0 Å². The van der Waals surface area contributed by atoms with Crippen molar-refractivity contribution in [1.29, 1.82) is 0 Å². The van der Waals surface area contributed by atoms with Crippen LogP contribution in [0.2, 0.25) is 0 Å². The fraction of sp³-hybridized carbons (Fsp3) is 0.0930. The quantitative estimate of drug-likeness (QED) is 0.185. The summed E-state index contributed by atoms with van der Waals surface area (Å²) >= 11 is 0. The van der Waals surface area contributed by atoms with Crippen molar-refractivity contribution in [3.8, 4) is 56.5 Å². The number of nitrogens with zero attached hydrogens (tertiary/aromatic N) is 7. The Hall–Kier alpha value is -6.47. The Morgan fingerprint density at radius 1 is 0.560 bits per heavy atom. The molecule has 0 N–H and O–H groups in total. The van der Waals surface area contributed by atoms with Crippen LogP contribution in [-0.2, 0) is 6.42 Å². The molecule has 2 aliphatic rings. The molecule has 0 saturated carbocycles. The summed E-state index contributed by atoms with van der Waals surface area (Å²) in [5.74, 6) is 2.06. The highest BCUT2D eigenvalue weighted by atomic mass is 15.0. The highest BCUT2D eigenvalue weighted by Crippen LogP contribution is 2.42. The first-order valence-corrected chi connectivity index (χ1v) is 16.9. The highest BCUT2D eigenvalue weighted by Gasteiger charge is 2.27. The molecule has 4 aromatic heterocycles. The topological polar surface area (TPSA) is 89.7 Å². The van der Waals surface area contributed by atoms with Gasteiger partial charge in [-0.2, -0.15) is 0 Å². The van der Waals surface area contributed by atoms with Gasteiger partial charge in [0.2, 0.25) is 0 Å². The van der Waals surface area contributed by atoms with Crippen molar-refractivity contribution in [1.82, 2.24) is 29.9 Å². The second kappa shape index (κ2) is 12.9. The van der Waals surface area contributed by atoms with E-state index in [0.717, 1.165) is 80.6 Å². The van der Waals surface area contributed by atoms with E-state index in [4.69, 9.17) is 24.9 Å². The summed E-state index contributed by atoms with van der Waals surface area (Å²) in [6, 6.07) is 33.1. The molecule has 3 aromatic carbocycles. The van der Waals surface area contributed by atoms with Crippen LogP contribution in [-0.4, -0.2) is 35.6 Å². The first kappa shape index (κ1) is 29.7. The number of hydrogen-bond donors (Lipinski definition) is 0. The van der Waals surface area contributed by atoms with Crippen molar-refractivity contribution in [2.75, 3.05) is 0 Å². The summed E-state index contributed by atoms with van der Waals surface area (Å²) in [5, 5.41) is 1.10. The second-order valence-corrected chi connectivity index (χ2v) is 12.6. The minimum atomic E-state index is 0.360. The number of rotatable bonds is 5. The summed E-state index contributed by atoms with van der Waals surface area (Å²) in [5.41, 5.74) is 11.1. The third-order valence-electron chi connectivity index (χ3n) is 9.33. The van der Waals surface area contributed by atoms with Gasteiger partial charge in [0.15, 0.2) is 17.5 Å². The predicted molar refractivity (Wildman–Crippen MR) is 200 cm³/mol. The molecule has 0 amide bonds. The van der Waals surface area contributed by atoms with E-state index in [1.807, 2.05) is 36.4 Å². The van der Waals surface area contributed by atoms with Crippen LogP contribution in [0.3, 0.4) is 0 Å². The Morgan fingerprint density at radius 2 is 1.20 bits per heavy atom. The van der Waals surface area contributed by atoms with E-state index >= 15 is 0 Å². The molecule has 0 saturated heterocycles. The van der Waals surface area contributed by atoms with Crippen LogP contribution in [0.15, 0.2) is 151 Å². The fourth-order valence-corrected chi connectivity index (χ4v) is 6.85. The van der Waals surface area contributed by atoms with Crippen LogP contribution in [0.25, 0.3) is 67.5 Å². The molecule has 7 nitrogen and oxygen atoms in total. The first-order valence-electron chi connectivity index (χ1n) is 16.9. The molecule has 1 aliphatic heterocycles. The smallest absolute Gasteiger partial charge is 0.165 e. The molecule has 7 aromatic rings. The van der Waals surface area contributed by atoms with E-state index in [9.17, 15) is 0 Å². The minimum absolute atomic E-state index is 0.360. The molecule has 0 radical (unpaired) electrons. The van der Waals surface area contributed by atoms with Crippen molar-refractivity contribution in [2.45, 2.75) is 19.3 Å². The van der Waals surface area contributed by atoms with Gasteiger partial charge in [-0.25, -0.2) is 19.9 Å². The molecule has 1 atom stereocenters. The monoisotopic (exact) mass is 645 g/mol. The molecular weight excluding hydrogens is 615 g/mol. The van der Waals surface area contributed by atoms with Gasteiger partial charge in [-0.15, -0.1) is 0 Å². The first-order chi connectivity index (χ1) is 24.8. The second-order valence-electron chi connectivity index (χ2n) is 12.6. The van der Waals surface area contributed by atoms with Crippen molar-refractivity contribution in [3.05, 3.63) is 152 Å². The fourth-order valence-electron chi connectivity index (χ4n) is 6.85. The lowest BCUT2D eigenvalue weighted by atomic mass is 9.83. The van der Waals surface area contributed by atoms with Gasteiger partial charge in [-0.1, -0.05) is 72.8 Å². The summed E-state index contributed by atoms with van der Waals surface area (Å²) in [6.45, 7) is 0. The van der Waals surface area contributed by atoms with Gasteiger partial charge in [0.1, 0.15) is 0 Å². The number of aliphatic imine (C=N–C) groups is 1. The number of pyridine rings is 3. The lowest BCUT2D eigenvalue weighted by Crippen LogP contribution is -2.20. The molecule has 9 rings (SSSR count). The molecule has 238 valence electrons. The van der Waals surface area contributed by atoms with Crippen molar-refractivity contribution in [2.24, 2.45) is 10.9 Å². The normalized spacial score (nSPS) is 16.4. The number of hydrogen-bond acceptors (Lipinski definition) is 7. The van der Waals surface area contributed by atoms with Crippen LogP contribution in [0, 0.1) is 5.92 Å². The van der Waals surface area contributed by atoms with E-state index < -0.39 is 0 Å². The average Bonchev–Trinajstić information content (AvgIpc) is 3.18. The van der Waals surface area contributed by atoms with E-state index in [0.29, 0.717) is 23.4 Å². The molecule has 50 heavy (non-hydrogen) atoms. The SMILES string of the molecule is C1=C\CCC2Cc3c(-c4cccc(-c5cccc(-c6nc(-c7cccnc7)nc(-c7cccnc7)n6)c5)c4)nc4ccccc4c3N=C2\C=C/1. The van der Waals surface area contributed by atoms with Crippen LogP contribution in [0.5, 0.6) is 0 Å². The Morgan fingerprint density at radius 3 is 1.92 bits per heavy atom. The lowest BCUT2D eigenvalue weighted by molar-refractivity contribution is 0.624. The Kier molecular flexibility index (Phi) is 7.63. The average molecular weight is 646 g/mol. The molecule has 7 heteroatoms. The van der Waals surface area contributed by atoms with Crippen molar-refractivity contribution < 1.29 is 0 Å². The number of fused-ring (bicyclic) bond motifs is 4. The van der Waals surface area contributed by atoms with Crippen LogP contribution >= 0.6 is 0 Å². The van der Waals surface area contributed by atoms with Crippen LogP contribution in [0.1, 0.15) is 18.4 Å². The molecule has 0 fully saturated rings. The maximum absolute atomic E-state index is 5.30. The van der Waals surface area contributed by atoms with Crippen molar-refractivity contribution in [3.63, 3.8) is 0 Å². The highest BCUT2D eigenvalue weighted by molar-refractivity contribution is 6.06. The van der Waals surface area contributed by atoms with E-state index in [1.165, 1.54) is 5.56 Å². The Bertz CT molecular complexity index is 2410. The zero-order valence-corrected chi connectivity index (χ0v) is 27.2. The molecular formula is C43H31N7. The third-order valence-corrected chi connectivity index (χ3v) is 9.33. The zero-order valence-electron chi connectivity index (χ0n) is 27.2. The summed E-state index contributed by atoms with van der Waals surface area (Å²) in [4.78, 5) is 33.8.